The molecule has 31 heavy (non-hydrogen) atoms. The Kier molecular flexibility index (Phi) is 3.89. The molecule has 8 nitrogen and oxygen atoms in total. The van der Waals surface area contributed by atoms with Gasteiger partial charge in [0, 0.05) is 47.4 Å². The van der Waals surface area contributed by atoms with E-state index in [1.807, 2.05) is 18.2 Å². The Morgan fingerprint density at radius 2 is 2.00 bits per heavy atom. The van der Waals surface area contributed by atoms with Crippen molar-refractivity contribution in [3.63, 3.8) is 0 Å². The second-order valence-electron chi connectivity index (χ2n) is 8.45. The van der Waals surface area contributed by atoms with Gasteiger partial charge in [0.25, 0.3) is 5.91 Å². The number of hydrogen-bond acceptors (Lipinski definition) is 4. The number of benzene rings is 1. The first kappa shape index (κ1) is 18.1. The smallest absolute Gasteiger partial charge is 0.253 e. The van der Waals surface area contributed by atoms with E-state index in [4.69, 9.17) is 5.10 Å². The number of hydrogen-bond donors (Lipinski definition) is 3. The number of amides is 2. The predicted molar refractivity (Wildman–Crippen MR) is 118 cm³/mol. The highest BCUT2D eigenvalue weighted by Gasteiger charge is 2.30. The van der Waals surface area contributed by atoms with E-state index in [-0.39, 0.29) is 17.7 Å². The van der Waals surface area contributed by atoms with Gasteiger partial charge in [-0.25, -0.2) is 4.98 Å². The van der Waals surface area contributed by atoms with E-state index in [2.05, 4.69) is 37.5 Å². The number of aromatic nitrogens is 4. The first-order valence-electron chi connectivity index (χ1n) is 10.6. The largest absolute Gasteiger partial charge is 0.355 e. The minimum Gasteiger partial charge on any atom is -0.355 e. The zero-order valence-corrected chi connectivity index (χ0v) is 17.1. The monoisotopic (exact) mass is 414 g/mol. The molecular weight excluding hydrogens is 392 g/mol. The zero-order valence-electron chi connectivity index (χ0n) is 17.1. The summed E-state index contributed by atoms with van der Waals surface area (Å²) in [5.41, 5.74) is 3.86. The van der Waals surface area contributed by atoms with E-state index in [1.165, 1.54) is 19.0 Å². The van der Waals surface area contributed by atoms with Gasteiger partial charge in [0.15, 0.2) is 5.82 Å². The fourth-order valence-corrected chi connectivity index (χ4v) is 3.98. The van der Waals surface area contributed by atoms with Gasteiger partial charge < -0.3 is 15.6 Å². The number of rotatable bonds is 5. The van der Waals surface area contributed by atoms with E-state index >= 15 is 0 Å². The molecule has 0 saturated heterocycles. The summed E-state index contributed by atoms with van der Waals surface area (Å²) in [7, 11) is 1.59. The lowest BCUT2D eigenvalue weighted by Gasteiger charge is -2.07. The predicted octanol–water partition coefficient (Wildman–Crippen LogP) is 3.62. The average Bonchev–Trinajstić information content (AvgIpc) is 3.71. The van der Waals surface area contributed by atoms with Crippen molar-refractivity contribution in [3.8, 4) is 11.3 Å². The first-order chi connectivity index (χ1) is 15.1. The molecule has 0 bridgehead atoms. The molecule has 2 aliphatic carbocycles. The SMILES string of the molecule is CNC(=O)c1cnc(NC(=O)C2CC2)c2[nH]c(-c3ccc4cn(C5CC5)nc4c3)cc12. The van der Waals surface area contributed by atoms with E-state index in [0.29, 0.717) is 22.9 Å². The molecule has 2 saturated carbocycles. The van der Waals surface area contributed by atoms with Crippen molar-refractivity contribution in [1.29, 1.82) is 0 Å². The Balaban J connectivity index is 1.45. The minimum atomic E-state index is -0.221. The van der Waals surface area contributed by atoms with Crippen LogP contribution in [0.3, 0.4) is 0 Å². The Labute approximate surface area is 178 Å². The van der Waals surface area contributed by atoms with Crippen molar-refractivity contribution in [1.82, 2.24) is 25.1 Å². The zero-order chi connectivity index (χ0) is 21.1. The minimum absolute atomic E-state index is 0.0234. The van der Waals surface area contributed by atoms with Crippen LogP contribution >= 0.6 is 0 Å². The van der Waals surface area contributed by atoms with Crippen LogP contribution in [0.15, 0.2) is 36.7 Å². The maximum Gasteiger partial charge on any atom is 0.253 e. The van der Waals surface area contributed by atoms with Gasteiger partial charge in [-0.15, -0.1) is 0 Å². The third-order valence-electron chi connectivity index (χ3n) is 6.09. The van der Waals surface area contributed by atoms with Crippen molar-refractivity contribution in [2.24, 2.45) is 5.92 Å². The second-order valence-corrected chi connectivity index (χ2v) is 8.45. The van der Waals surface area contributed by atoms with Crippen molar-refractivity contribution in [2.45, 2.75) is 31.7 Å². The van der Waals surface area contributed by atoms with Crippen LogP contribution in [0, 0.1) is 5.92 Å². The molecule has 0 radical (unpaired) electrons. The molecule has 8 heteroatoms. The quantitative estimate of drug-likeness (QED) is 0.464. The lowest BCUT2D eigenvalue weighted by Crippen LogP contribution is -2.19. The molecular formula is C23H22N6O2. The summed E-state index contributed by atoms with van der Waals surface area (Å²) in [6.45, 7) is 0. The van der Waals surface area contributed by atoms with Gasteiger partial charge in [-0.2, -0.15) is 5.10 Å². The van der Waals surface area contributed by atoms with Crippen molar-refractivity contribution < 1.29 is 9.59 Å². The topological polar surface area (TPSA) is 105 Å². The molecule has 156 valence electrons. The summed E-state index contributed by atoms with van der Waals surface area (Å²) in [5, 5.41) is 12.1. The van der Waals surface area contributed by atoms with Crippen molar-refractivity contribution in [3.05, 3.63) is 42.2 Å². The van der Waals surface area contributed by atoms with Gasteiger partial charge in [-0.1, -0.05) is 12.1 Å². The fourth-order valence-electron chi connectivity index (χ4n) is 3.98. The first-order valence-corrected chi connectivity index (χ1v) is 10.6. The van der Waals surface area contributed by atoms with Crippen LogP contribution in [-0.2, 0) is 4.79 Å². The summed E-state index contributed by atoms with van der Waals surface area (Å²) < 4.78 is 2.05. The number of nitrogens with zero attached hydrogens (tertiary/aromatic N) is 3. The summed E-state index contributed by atoms with van der Waals surface area (Å²) in [6, 6.07) is 8.63. The summed E-state index contributed by atoms with van der Waals surface area (Å²) >= 11 is 0. The third kappa shape index (κ3) is 3.15. The van der Waals surface area contributed by atoms with E-state index < -0.39 is 0 Å². The second kappa shape index (κ2) is 6.66. The van der Waals surface area contributed by atoms with Crippen LogP contribution in [0.25, 0.3) is 33.1 Å². The molecule has 2 aliphatic rings. The number of carbonyl (C=O) groups excluding carboxylic acids is 2. The molecule has 3 aromatic heterocycles. The maximum atomic E-state index is 12.4. The number of pyridine rings is 1. The number of aromatic amines is 1. The van der Waals surface area contributed by atoms with Crippen LogP contribution in [0.1, 0.15) is 42.1 Å². The molecule has 1 aromatic carbocycles. The average molecular weight is 414 g/mol. The molecule has 4 aromatic rings. The number of H-pyrrole nitrogens is 1. The number of anilines is 1. The normalized spacial score (nSPS) is 16.0. The fraction of sp³-hybridized carbons (Fsp3) is 0.304. The van der Waals surface area contributed by atoms with Crippen LogP contribution < -0.4 is 10.6 Å². The van der Waals surface area contributed by atoms with Crippen molar-refractivity contribution >= 4 is 39.4 Å². The Bertz CT molecular complexity index is 1360. The van der Waals surface area contributed by atoms with Crippen LogP contribution in [0.4, 0.5) is 5.82 Å². The van der Waals surface area contributed by atoms with Gasteiger partial charge in [-0.3, -0.25) is 14.3 Å². The van der Waals surface area contributed by atoms with Crippen LogP contribution in [0.5, 0.6) is 0 Å². The molecule has 2 fully saturated rings. The van der Waals surface area contributed by atoms with E-state index in [0.717, 1.165) is 40.4 Å². The van der Waals surface area contributed by atoms with Crippen molar-refractivity contribution in [2.75, 3.05) is 12.4 Å². The highest BCUT2D eigenvalue weighted by Crippen LogP contribution is 2.36. The highest BCUT2D eigenvalue weighted by atomic mass is 16.2. The molecule has 0 unspecified atom stereocenters. The van der Waals surface area contributed by atoms with Gasteiger partial charge in [0.2, 0.25) is 5.91 Å². The maximum absolute atomic E-state index is 12.4. The standard InChI is InChI=1S/C23H22N6O2/c1-24-23(31)17-10-25-21(27-22(30)12-2-3-12)20-16(17)9-18(26-20)13-4-5-14-11-29(15-6-7-15)28-19(14)8-13/h4-5,8-12,15,26H,2-3,6-7H2,1H3,(H,24,31)(H,25,27,30). The van der Waals surface area contributed by atoms with Gasteiger partial charge in [0.1, 0.15) is 0 Å². The Morgan fingerprint density at radius 3 is 2.74 bits per heavy atom. The molecule has 0 aliphatic heterocycles. The Hall–Kier alpha value is -3.68. The van der Waals surface area contributed by atoms with Crippen LogP contribution in [-0.4, -0.2) is 38.6 Å². The molecule has 6 rings (SSSR count). The molecule has 0 spiro atoms. The molecule has 0 atom stereocenters. The van der Waals surface area contributed by atoms with Gasteiger partial charge in [0.05, 0.1) is 22.6 Å². The molecule has 3 N–H and O–H groups in total. The number of carbonyl (C=O) groups is 2. The summed E-state index contributed by atoms with van der Waals surface area (Å²) in [6.07, 6.45) is 7.81. The lowest BCUT2D eigenvalue weighted by molar-refractivity contribution is -0.117. The lowest BCUT2D eigenvalue weighted by atomic mass is 10.1. The third-order valence-corrected chi connectivity index (χ3v) is 6.09. The van der Waals surface area contributed by atoms with E-state index in [9.17, 15) is 9.59 Å². The number of fused-ring (bicyclic) bond motifs is 2. The summed E-state index contributed by atoms with van der Waals surface area (Å²) in [4.78, 5) is 32.5. The highest BCUT2D eigenvalue weighted by molar-refractivity contribution is 6.11. The van der Waals surface area contributed by atoms with E-state index in [1.54, 1.807) is 7.05 Å². The molecule has 2 amide bonds. The summed E-state index contributed by atoms with van der Waals surface area (Å²) in [5.74, 6) is 0.269. The Morgan fingerprint density at radius 1 is 1.16 bits per heavy atom. The molecule has 3 heterocycles. The number of nitrogens with one attached hydrogen (secondary N) is 3. The van der Waals surface area contributed by atoms with Crippen LogP contribution in [0.2, 0.25) is 0 Å². The van der Waals surface area contributed by atoms with Gasteiger partial charge >= 0.3 is 0 Å². The van der Waals surface area contributed by atoms with Gasteiger partial charge in [-0.05, 0) is 37.8 Å².